The molecule has 1 N–H and O–H groups in total. The molecule has 1 saturated carbocycles. The summed E-state index contributed by atoms with van der Waals surface area (Å²) in [5, 5.41) is 4.61. The first-order valence-electron chi connectivity index (χ1n) is 7.38. The monoisotopic (exact) mass is 279 g/mol. The fraction of sp³-hybridized carbons (Fsp3) is 0.625. The van der Waals surface area contributed by atoms with E-state index in [0.29, 0.717) is 17.9 Å². The van der Waals surface area contributed by atoms with Crippen LogP contribution in [0, 0.1) is 5.92 Å². The van der Waals surface area contributed by atoms with Gasteiger partial charge in [0.05, 0.1) is 6.61 Å². The van der Waals surface area contributed by atoms with Gasteiger partial charge in [0.2, 0.25) is 0 Å². The topological polar surface area (TPSA) is 21.3 Å². The molecule has 1 heterocycles. The molecule has 1 aliphatic heterocycles. The first-order valence-corrected chi connectivity index (χ1v) is 7.76. The highest BCUT2D eigenvalue weighted by atomic mass is 35.5. The van der Waals surface area contributed by atoms with Crippen LogP contribution in [0.1, 0.15) is 37.2 Å². The highest BCUT2D eigenvalue weighted by Crippen LogP contribution is 2.39. The predicted octanol–water partition coefficient (Wildman–Crippen LogP) is 3.60. The molecule has 0 amide bonds. The first kappa shape index (κ1) is 13.4. The molecule has 1 aromatic rings. The molecule has 1 aromatic carbocycles. The summed E-state index contributed by atoms with van der Waals surface area (Å²) >= 11 is 6.24. The second kappa shape index (κ2) is 6.25. The van der Waals surface area contributed by atoms with Gasteiger partial charge in [-0.05, 0) is 49.1 Å². The van der Waals surface area contributed by atoms with Crippen LogP contribution in [0.4, 0.5) is 0 Å². The van der Waals surface area contributed by atoms with E-state index in [-0.39, 0.29) is 0 Å². The molecule has 1 aliphatic carbocycles. The Hall–Kier alpha value is -0.570. The number of hydrogen-bond acceptors (Lipinski definition) is 2. The molecule has 2 fully saturated rings. The lowest BCUT2D eigenvalue weighted by Gasteiger charge is -2.38. The number of benzene rings is 1. The smallest absolute Gasteiger partial charge is 0.0506 e. The van der Waals surface area contributed by atoms with Gasteiger partial charge in [-0.3, -0.25) is 0 Å². The van der Waals surface area contributed by atoms with Crippen LogP contribution in [0.2, 0.25) is 5.02 Å². The molecule has 1 unspecified atom stereocenters. The summed E-state index contributed by atoms with van der Waals surface area (Å²) in [5.74, 6) is 1.36. The Balaban J connectivity index is 1.42. The van der Waals surface area contributed by atoms with Gasteiger partial charge in [0.15, 0.2) is 0 Å². The number of halogens is 1. The molecular weight excluding hydrogens is 258 g/mol. The van der Waals surface area contributed by atoms with Gasteiger partial charge in [0.25, 0.3) is 0 Å². The first-order chi connectivity index (χ1) is 9.33. The molecule has 1 atom stereocenters. The fourth-order valence-electron chi connectivity index (χ4n) is 3.15. The second-order valence-corrected chi connectivity index (χ2v) is 6.29. The van der Waals surface area contributed by atoms with Crippen molar-refractivity contribution in [3.8, 4) is 0 Å². The Labute approximate surface area is 120 Å². The summed E-state index contributed by atoms with van der Waals surface area (Å²) in [5.41, 5.74) is 1.32. The van der Waals surface area contributed by atoms with Crippen LogP contribution in [0.15, 0.2) is 24.3 Å². The molecule has 0 bridgehead atoms. The average Bonchev–Trinajstić information content (AvgIpc) is 2.40. The summed E-state index contributed by atoms with van der Waals surface area (Å²) in [6, 6.07) is 8.92. The van der Waals surface area contributed by atoms with Crippen molar-refractivity contribution in [3.63, 3.8) is 0 Å². The molecule has 0 radical (unpaired) electrons. The van der Waals surface area contributed by atoms with Gasteiger partial charge in [-0.1, -0.05) is 29.8 Å². The van der Waals surface area contributed by atoms with Crippen LogP contribution < -0.4 is 5.32 Å². The molecular formula is C16H22ClNO. The lowest BCUT2D eigenvalue weighted by atomic mass is 9.75. The molecule has 3 heteroatoms. The van der Waals surface area contributed by atoms with E-state index in [1.165, 1.54) is 31.2 Å². The largest absolute Gasteiger partial charge is 0.381 e. The van der Waals surface area contributed by atoms with Gasteiger partial charge < -0.3 is 10.1 Å². The maximum atomic E-state index is 6.24. The summed E-state index contributed by atoms with van der Waals surface area (Å²) in [6.07, 6.45) is 4.97. The summed E-state index contributed by atoms with van der Waals surface area (Å²) < 4.78 is 5.51. The van der Waals surface area contributed by atoms with E-state index in [1.807, 2.05) is 12.1 Å². The Kier molecular flexibility index (Phi) is 4.42. The fourth-order valence-corrected chi connectivity index (χ4v) is 3.44. The normalized spacial score (nSPS) is 30.9. The Morgan fingerprint density at radius 3 is 2.84 bits per heavy atom. The van der Waals surface area contributed by atoms with Crippen molar-refractivity contribution in [2.24, 2.45) is 5.92 Å². The van der Waals surface area contributed by atoms with Crippen LogP contribution in [0.3, 0.4) is 0 Å². The summed E-state index contributed by atoms with van der Waals surface area (Å²) in [6.45, 7) is 3.00. The minimum absolute atomic E-state index is 0.647. The van der Waals surface area contributed by atoms with E-state index in [0.717, 1.165) is 24.8 Å². The third-order valence-electron chi connectivity index (χ3n) is 4.43. The predicted molar refractivity (Wildman–Crippen MR) is 78.8 cm³/mol. The summed E-state index contributed by atoms with van der Waals surface area (Å²) in [7, 11) is 0. The zero-order chi connectivity index (χ0) is 13.1. The van der Waals surface area contributed by atoms with E-state index in [9.17, 15) is 0 Å². The minimum atomic E-state index is 0.647. The lowest BCUT2D eigenvalue weighted by Crippen LogP contribution is -2.43. The second-order valence-electron chi connectivity index (χ2n) is 5.88. The zero-order valence-electron chi connectivity index (χ0n) is 11.3. The number of rotatable bonds is 4. The minimum Gasteiger partial charge on any atom is -0.381 e. The molecule has 1 saturated heterocycles. The molecule has 3 rings (SSSR count). The van der Waals surface area contributed by atoms with E-state index in [4.69, 9.17) is 16.3 Å². The zero-order valence-corrected chi connectivity index (χ0v) is 12.0. The molecule has 0 aromatic heterocycles. The van der Waals surface area contributed by atoms with Crippen molar-refractivity contribution < 1.29 is 4.74 Å². The van der Waals surface area contributed by atoms with Crippen LogP contribution in [-0.2, 0) is 4.74 Å². The van der Waals surface area contributed by atoms with E-state index in [1.54, 1.807) is 0 Å². The van der Waals surface area contributed by atoms with Crippen LogP contribution in [0.25, 0.3) is 0 Å². The van der Waals surface area contributed by atoms with E-state index < -0.39 is 0 Å². The third-order valence-corrected chi connectivity index (χ3v) is 4.78. The maximum Gasteiger partial charge on any atom is 0.0506 e. The van der Waals surface area contributed by atoms with E-state index in [2.05, 4.69) is 17.4 Å². The van der Waals surface area contributed by atoms with Crippen molar-refractivity contribution in [2.75, 3.05) is 19.8 Å². The number of nitrogens with one attached hydrogen (secondary N) is 1. The SMILES string of the molecule is Clc1ccccc1C1CC(NCC2CCCOC2)C1. The highest BCUT2D eigenvalue weighted by molar-refractivity contribution is 6.31. The molecule has 0 spiro atoms. The van der Waals surface area contributed by atoms with Crippen molar-refractivity contribution in [3.05, 3.63) is 34.9 Å². The van der Waals surface area contributed by atoms with E-state index >= 15 is 0 Å². The van der Waals surface area contributed by atoms with Gasteiger partial charge in [-0.15, -0.1) is 0 Å². The van der Waals surface area contributed by atoms with Gasteiger partial charge >= 0.3 is 0 Å². The van der Waals surface area contributed by atoms with Gasteiger partial charge in [-0.25, -0.2) is 0 Å². The molecule has 2 nitrogen and oxygen atoms in total. The molecule has 19 heavy (non-hydrogen) atoms. The molecule has 104 valence electrons. The van der Waals surface area contributed by atoms with Crippen molar-refractivity contribution in [1.82, 2.24) is 5.32 Å². The quantitative estimate of drug-likeness (QED) is 0.909. The molecule has 2 aliphatic rings. The number of hydrogen-bond donors (Lipinski definition) is 1. The van der Waals surface area contributed by atoms with Crippen LogP contribution in [-0.4, -0.2) is 25.8 Å². The summed E-state index contributed by atoms with van der Waals surface area (Å²) in [4.78, 5) is 0. The van der Waals surface area contributed by atoms with Crippen molar-refractivity contribution >= 4 is 11.6 Å². The van der Waals surface area contributed by atoms with Crippen LogP contribution in [0.5, 0.6) is 0 Å². The van der Waals surface area contributed by atoms with Crippen LogP contribution >= 0.6 is 11.6 Å². The Morgan fingerprint density at radius 1 is 1.26 bits per heavy atom. The highest BCUT2D eigenvalue weighted by Gasteiger charge is 2.31. The van der Waals surface area contributed by atoms with Gasteiger partial charge in [-0.2, -0.15) is 0 Å². The van der Waals surface area contributed by atoms with Crippen molar-refractivity contribution in [1.29, 1.82) is 0 Å². The van der Waals surface area contributed by atoms with Gasteiger partial charge in [0, 0.05) is 24.2 Å². The van der Waals surface area contributed by atoms with Crippen molar-refractivity contribution in [2.45, 2.75) is 37.6 Å². The Bertz CT molecular complexity index is 411. The third kappa shape index (κ3) is 3.31. The standard InChI is InChI=1S/C16H22ClNO/c17-16-6-2-1-5-15(16)13-8-14(9-13)18-10-12-4-3-7-19-11-12/h1-2,5-6,12-14,18H,3-4,7-11H2. The van der Waals surface area contributed by atoms with Gasteiger partial charge in [0.1, 0.15) is 0 Å². The maximum absolute atomic E-state index is 6.24. The average molecular weight is 280 g/mol. The lowest BCUT2D eigenvalue weighted by molar-refractivity contribution is 0.0521. The Morgan fingerprint density at radius 2 is 2.11 bits per heavy atom. The number of ether oxygens (including phenoxy) is 1.